The fourth-order valence-corrected chi connectivity index (χ4v) is 6.94. The Hall–Kier alpha value is -2.19. The van der Waals surface area contributed by atoms with Crippen molar-refractivity contribution in [1.82, 2.24) is 14.3 Å². The molecule has 6 nitrogen and oxygen atoms in total. The normalized spacial score (nSPS) is 26.1. The number of pyridine rings is 1. The fourth-order valence-electron chi connectivity index (χ4n) is 5.56. The molecule has 4 heterocycles. The zero-order valence-corrected chi connectivity index (χ0v) is 20.8. The second kappa shape index (κ2) is 9.22. The van der Waals surface area contributed by atoms with Gasteiger partial charge in [-0.1, -0.05) is 63.2 Å². The lowest BCUT2D eigenvalue weighted by molar-refractivity contribution is -0.124. The molecule has 2 aliphatic heterocycles. The van der Waals surface area contributed by atoms with Gasteiger partial charge in [0.25, 0.3) is 11.5 Å². The van der Waals surface area contributed by atoms with Gasteiger partial charge in [-0.05, 0) is 49.3 Å². The van der Waals surface area contributed by atoms with Gasteiger partial charge < -0.3 is 4.90 Å². The first-order valence-electron chi connectivity index (χ1n) is 12.0. The van der Waals surface area contributed by atoms with Crippen LogP contribution in [0, 0.1) is 11.8 Å². The quantitative estimate of drug-likeness (QED) is 0.466. The first kappa shape index (κ1) is 22.6. The molecule has 0 N–H and O–H groups in total. The van der Waals surface area contributed by atoms with E-state index in [0.717, 1.165) is 38.8 Å². The van der Waals surface area contributed by atoms with E-state index < -0.39 is 0 Å². The Labute approximate surface area is 204 Å². The van der Waals surface area contributed by atoms with Crippen LogP contribution in [-0.4, -0.2) is 43.6 Å². The standard InChI is InChI=1S/C25H30N4O2S2/c1-16-12-17(2)15-27(14-16)22-19(23(30)28-11-7-6-10-21(28)26-22)13-20-24(31)29(25(32)33-20)18-8-4-3-5-9-18/h6-7,10-11,13,16-18H,3-5,8-9,12,14-15H2,1-2H3/b20-13+/t16-,17-/m1/s1. The molecule has 3 aliphatic rings. The molecule has 174 valence electrons. The third kappa shape index (κ3) is 4.35. The topological polar surface area (TPSA) is 57.9 Å². The maximum Gasteiger partial charge on any atom is 0.267 e. The van der Waals surface area contributed by atoms with E-state index in [-0.39, 0.29) is 17.5 Å². The molecule has 2 saturated heterocycles. The van der Waals surface area contributed by atoms with Gasteiger partial charge >= 0.3 is 0 Å². The molecule has 0 unspecified atom stereocenters. The summed E-state index contributed by atoms with van der Waals surface area (Å²) in [6, 6.07) is 5.75. The van der Waals surface area contributed by atoms with Crippen molar-refractivity contribution in [3.8, 4) is 0 Å². The van der Waals surface area contributed by atoms with E-state index in [0.29, 0.717) is 38.1 Å². The highest BCUT2D eigenvalue weighted by molar-refractivity contribution is 8.26. The molecular weight excluding hydrogens is 452 g/mol. The number of fused-ring (bicyclic) bond motifs is 1. The van der Waals surface area contributed by atoms with Gasteiger partial charge in [-0.15, -0.1) is 0 Å². The summed E-state index contributed by atoms with van der Waals surface area (Å²) in [5.74, 6) is 1.64. The Morgan fingerprint density at radius 3 is 2.55 bits per heavy atom. The number of thioether (sulfide) groups is 1. The largest absolute Gasteiger partial charge is 0.355 e. The average molecular weight is 483 g/mol. The van der Waals surface area contributed by atoms with E-state index in [4.69, 9.17) is 17.2 Å². The Bertz CT molecular complexity index is 1170. The molecule has 0 bridgehead atoms. The molecule has 0 spiro atoms. The number of thiocarbonyl (C=S) groups is 1. The number of carbonyl (C=O) groups is 1. The Kier molecular flexibility index (Phi) is 6.31. The molecule has 3 fully saturated rings. The van der Waals surface area contributed by atoms with Crippen LogP contribution in [-0.2, 0) is 4.79 Å². The van der Waals surface area contributed by atoms with E-state index >= 15 is 0 Å². The molecule has 5 rings (SSSR count). The van der Waals surface area contributed by atoms with E-state index in [1.807, 2.05) is 18.2 Å². The predicted octanol–water partition coefficient (Wildman–Crippen LogP) is 4.71. The van der Waals surface area contributed by atoms with Crippen molar-refractivity contribution in [3.05, 3.63) is 45.2 Å². The lowest BCUT2D eigenvalue weighted by Crippen LogP contribution is -2.41. The SMILES string of the molecule is C[C@@H]1C[C@@H](C)CN(c2nc3ccccn3c(=O)c2/C=C2/SC(=S)N(C3CCCCC3)C2=O)C1. The summed E-state index contributed by atoms with van der Waals surface area (Å²) in [7, 11) is 0. The first-order chi connectivity index (χ1) is 15.9. The van der Waals surface area contributed by atoms with Crippen LogP contribution in [0.25, 0.3) is 11.7 Å². The number of nitrogens with zero attached hydrogens (tertiary/aromatic N) is 4. The van der Waals surface area contributed by atoms with Gasteiger partial charge in [-0.25, -0.2) is 4.98 Å². The van der Waals surface area contributed by atoms with E-state index in [9.17, 15) is 9.59 Å². The van der Waals surface area contributed by atoms with Crippen LogP contribution in [0.2, 0.25) is 0 Å². The third-order valence-electron chi connectivity index (χ3n) is 6.96. The monoisotopic (exact) mass is 482 g/mol. The number of aromatic nitrogens is 2. The number of rotatable bonds is 3. The number of hydrogen-bond acceptors (Lipinski definition) is 6. The summed E-state index contributed by atoms with van der Waals surface area (Å²) >= 11 is 6.92. The van der Waals surface area contributed by atoms with Gasteiger partial charge in [0, 0.05) is 25.3 Å². The lowest BCUT2D eigenvalue weighted by atomic mass is 9.91. The molecule has 0 aromatic carbocycles. The summed E-state index contributed by atoms with van der Waals surface area (Å²) < 4.78 is 2.17. The fraction of sp³-hybridized carbons (Fsp3) is 0.520. The highest BCUT2D eigenvalue weighted by Crippen LogP contribution is 2.38. The molecule has 1 aliphatic carbocycles. The highest BCUT2D eigenvalue weighted by Gasteiger charge is 2.38. The smallest absolute Gasteiger partial charge is 0.267 e. The van der Waals surface area contributed by atoms with Crippen LogP contribution < -0.4 is 10.5 Å². The Morgan fingerprint density at radius 1 is 1.09 bits per heavy atom. The number of carbonyl (C=O) groups excluding carboxylic acids is 1. The van der Waals surface area contributed by atoms with Gasteiger partial charge in [0.2, 0.25) is 0 Å². The zero-order valence-electron chi connectivity index (χ0n) is 19.2. The first-order valence-corrected chi connectivity index (χ1v) is 13.2. The molecular formula is C25H30N4O2S2. The third-order valence-corrected chi connectivity index (χ3v) is 8.29. The molecule has 2 atom stereocenters. The molecule has 2 aromatic heterocycles. The van der Waals surface area contributed by atoms with Gasteiger partial charge in [0.05, 0.1) is 10.5 Å². The van der Waals surface area contributed by atoms with Crippen molar-refractivity contribution in [3.63, 3.8) is 0 Å². The summed E-state index contributed by atoms with van der Waals surface area (Å²) in [5.41, 5.74) is 0.948. The van der Waals surface area contributed by atoms with Crippen molar-refractivity contribution in [1.29, 1.82) is 0 Å². The van der Waals surface area contributed by atoms with Crippen LogP contribution in [0.1, 0.15) is 57.9 Å². The van der Waals surface area contributed by atoms with Crippen molar-refractivity contribution < 1.29 is 4.79 Å². The van der Waals surface area contributed by atoms with Gasteiger partial charge in [-0.3, -0.25) is 18.9 Å². The summed E-state index contributed by atoms with van der Waals surface area (Å²) in [4.78, 5) is 36.4. The number of hydrogen-bond donors (Lipinski definition) is 0. The predicted molar refractivity (Wildman–Crippen MR) is 139 cm³/mol. The minimum atomic E-state index is -0.149. The maximum absolute atomic E-state index is 13.6. The summed E-state index contributed by atoms with van der Waals surface area (Å²) in [6.45, 7) is 6.18. The lowest BCUT2D eigenvalue weighted by Gasteiger charge is -2.36. The number of anilines is 1. The maximum atomic E-state index is 13.6. The van der Waals surface area contributed by atoms with Crippen LogP contribution in [0.15, 0.2) is 34.1 Å². The molecule has 0 radical (unpaired) electrons. The summed E-state index contributed by atoms with van der Waals surface area (Å²) in [5, 5.41) is 0. The van der Waals surface area contributed by atoms with Gasteiger partial charge in [0.15, 0.2) is 0 Å². The molecule has 33 heavy (non-hydrogen) atoms. The second-order valence-electron chi connectivity index (χ2n) is 9.78. The Balaban J connectivity index is 1.59. The molecule has 8 heteroatoms. The zero-order chi connectivity index (χ0) is 23.1. The van der Waals surface area contributed by atoms with Crippen LogP contribution >= 0.6 is 24.0 Å². The van der Waals surface area contributed by atoms with Crippen LogP contribution in [0.5, 0.6) is 0 Å². The highest BCUT2D eigenvalue weighted by atomic mass is 32.2. The average Bonchev–Trinajstić information content (AvgIpc) is 3.08. The van der Waals surface area contributed by atoms with E-state index in [2.05, 4.69) is 18.7 Å². The minimum Gasteiger partial charge on any atom is -0.355 e. The van der Waals surface area contributed by atoms with Gasteiger partial charge in [0.1, 0.15) is 15.8 Å². The van der Waals surface area contributed by atoms with Crippen molar-refractivity contribution in [2.75, 3.05) is 18.0 Å². The second-order valence-corrected chi connectivity index (χ2v) is 11.5. The summed E-state index contributed by atoms with van der Waals surface area (Å²) in [6.07, 6.45) is 10.1. The van der Waals surface area contributed by atoms with E-state index in [1.165, 1.54) is 24.6 Å². The van der Waals surface area contributed by atoms with Crippen LogP contribution in [0.3, 0.4) is 0 Å². The van der Waals surface area contributed by atoms with Crippen molar-refractivity contribution in [2.24, 2.45) is 11.8 Å². The van der Waals surface area contributed by atoms with Crippen LogP contribution in [0.4, 0.5) is 5.82 Å². The number of amides is 1. The van der Waals surface area contributed by atoms with E-state index in [1.54, 1.807) is 21.6 Å². The van der Waals surface area contributed by atoms with Crippen molar-refractivity contribution in [2.45, 2.75) is 58.4 Å². The molecule has 1 amide bonds. The van der Waals surface area contributed by atoms with Crippen molar-refractivity contribution >= 4 is 51.7 Å². The Morgan fingerprint density at radius 2 is 1.82 bits per heavy atom. The van der Waals surface area contributed by atoms with Gasteiger partial charge in [-0.2, -0.15) is 0 Å². The minimum absolute atomic E-state index is 0.0687. The molecule has 2 aromatic rings. The molecule has 1 saturated carbocycles. The number of piperidine rings is 1.